The summed E-state index contributed by atoms with van der Waals surface area (Å²) in [6.45, 7) is 5.95. The van der Waals surface area contributed by atoms with Gasteiger partial charge >= 0.3 is 0 Å². The van der Waals surface area contributed by atoms with E-state index in [1.807, 2.05) is 26.0 Å². The highest BCUT2D eigenvalue weighted by Crippen LogP contribution is 2.18. The molecule has 2 rings (SSSR count). The maximum atomic E-state index is 13.8. The SMILES string of the molecule is CC[C@@H](C)NC(=O)[C@@H](C)N(Cc1ccc(Cl)cc1)C(=O)CSCc1ccccc1F. The third-order valence-electron chi connectivity index (χ3n) is 4.88. The second-order valence-electron chi connectivity index (χ2n) is 7.23. The van der Waals surface area contributed by atoms with Crippen LogP contribution in [0.25, 0.3) is 0 Å². The van der Waals surface area contributed by atoms with Gasteiger partial charge in [-0.1, -0.05) is 48.9 Å². The van der Waals surface area contributed by atoms with Crippen molar-refractivity contribution in [3.05, 3.63) is 70.5 Å². The van der Waals surface area contributed by atoms with E-state index < -0.39 is 6.04 Å². The molecule has 0 unspecified atom stereocenters. The number of amides is 2. The summed E-state index contributed by atoms with van der Waals surface area (Å²) in [6, 6.07) is 13.1. The molecule has 2 aromatic rings. The highest BCUT2D eigenvalue weighted by molar-refractivity contribution is 7.99. The molecular formula is C23H28ClFN2O2S. The zero-order chi connectivity index (χ0) is 22.1. The second kappa shape index (κ2) is 12.0. The summed E-state index contributed by atoms with van der Waals surface area (Å²) in [6.07, 6.45) is 0.808. The highest BCUT2D eigenvalue weighted by atomic mass is 35.5. The van der Waals surface area contributed by atoms with Crippen molar-refractivity contribution >= 4 is 35.2 Å². The summed E-state index contributed by atoms with van der Waals surface area (Å²) in [5.41, 5.74) is 1.44. The van der Waals surface area contributed by atoms with Crippen molar-refractivity contribution in [1.82, 2.24) is 10.2 Å². The van der Waals surface area contributed by atoms with E-state index in [0.29, 0.717) is 22.9 Å². The van der Waals surface area contributed by atoms with Crippen LogP contribution in [0.5, 0.6) is 0 Å². The minimum atomic E-state index is -0.628. The molecule has 0 heterocycles. The van der Waals surface area contributed by atoms with Crippen molar-refractivity contribution in [1.29, 1.82) is 0 Å². The first-order valence-electron chi connectivity index (χ1n) is 9.97. The molecule has 0 aliphatic heterocycles. The van der Waals surface area contributed by atoms with Crippen LogP contribution >= 0.6 is 23.4 Å². The molecule has 0 saturated heterocycles. The van der Waals surface area contributed by atoms with E-state index in [9.17, 15) is 14.0 Å². The molecule has 0 saturated carbocycles. The highest BCUT2D eigenvalue weighted by Gasteiger charge is 2.26. The minimum Gasteiger partial charge on any atom is -0.352 e. The van der Waals surface area contributed by atoms with Gasteiger partial charge in [-0.25, -0.2) is 4.39 Å². The third-order valence-corrected chi connectivity index (χ3v) is 6.09. The summed E-state index contributed by atoms with van der Waals surface area (Å²) < 4.78 is 13.8. The number of thioether (sulfide) groups is 1. The van der Waals surface area contributed by atoms with E-state index in [2.05, 4.69) is 5.32 Å². The number of carbonyl (C=O) groups excluding carboxylic acids is 2. The van der Waals surface area contributed by atoms with Gasteiger partial charge in [-0.2, -0.15) is 0 Å². The van der Waals surface area contributed by atoms with Gasteiger partial charge in [0.2, 0.25) is 11.8 Å². The molecule has 30 heavy (non-hydrogen) atoms. The third kappa shape index (κ3) is 7.33. The Kier molecular flexibility index (Phi) is 9.66. The molecular weight excluding hydrogens is 423 g/mol. The van der Waals surface area contributed by atoms with Gasteiger partial charge in [0.15, 0.2) is 0 Å². The smallest absolute Gasteiger partial charge is 0.242 e. The Morgan fingerprint density at radius 1 is 1.13 bits per heavy atom. The van der Waals surface area contributed by atoms with E-state index in [0.717, 1.165) is 12.0 Å². The minimum absolute atomic E-state index is 0.0304. The van der Waals surface area contributed by atoms with Gasteiger partial charge < -0.3 is 10.2 Å². The standard InChI is InChI=1S/C23H28ClFN2O2S/c1-4-16(2)26-23(29)17(3)27(13-18-9-11-20(24)12-10-18)22(28)15-30-14-19-7-5-6-8-21(19)25/h5-12,16-17H,4,13-15H2,1-3H3,(H,26,29)/t16-,17-/m1/s1. The Balaban J connectivity index is 2.08. The van der Waals surface area contributed by atoms with Crippen LogP contribution in [0.3, 0.4) is 0 Å². The van der Waals surface area contributed by atoms with Gasteiger partial charge in [0, 0.05) is 23.4 Å². The lowest BCUT2D eigenvalue weighted by Crippen LogP contribution is -2.50. The molecule has 2 aromatic carbocycles. The van der Waals surface area contributed by atoms with Crippen LogP contribution in [0, 0.1) is 5.82 Å². The van der Waals surface area contributed by atoms with Crippen LogP contribution in [-0.4, -0.2) is 34.6 Å². The fourth-order valence-corrected chi connectivity index (χ4v) is 3.80. The van der Waals surface area contributed by atoms with Gasteiger partial charge in [0.05, 0.1) is 5.75 Å². The fraction of sp³-hybridized carbons (Fsp3) is 0.391. The molecule has 0 radical (unpaired) electrons. The predicted molar refractivity (Wildman–Crippen MR) is 122 cm³/mol. The zero-order valence-corrected chi connectivity index (χ0v) is 19.1. The molecule has 2 atom stereocenters. The van der Waals surface area contributed by atoms with Crippen LogP contribution < -0.4 is 5.32 Å². The number of carbonyl (C=O) groups is 2. The topological polar surface area (TPSA) is 49.4 Å². The molecule has 2 amide bonds. The van der Waals surface area contributed by atoms with Crippen molar-refractivity contribution in [2.24, 2.45) is 0 Å². The number of nitrogens with one attached hydrogen (secondary N) is 1. The molecule has 162 valence electrons. The molecule has 0 bridgehead atoms. The van der Waals surface area contributed by atoms with Crippen LogP contribution in [0.4, 0.5) is 4.39 Å². The molecule has 7 heteroatoms. The predicted octanol–water partition coefficient (Wildman–Crippen LogP) is 5.04. The number of halogens is 2. The second-order valence-corrected chi connectivity index (χ2v) is 8.65. The van der Waals surface area contributed by atoms with Crippen LogP contribution in [0.2, 0.25) is 5.02 Å². The van der Waals surface area contributed by atoms with Crippen molar-refractivity contribution in [3.8, 4) is 0 Å². The van der Waals surface area contributed by atoms with Crippen molar-refractivity contribution in [2.45, 2.75) is 51.6 Å². The average Bonchev–Trinajstić information content (AvgIpc) is 2.73. The van der Waals surface area contributed by atoms with Crippen molar-refractivity contribution < 1.29 is 14.0 Å². The van der Waals surface area contributed by atoms with E-state index in [1.165, 1.54) is 17.8 Å². The van der Waals surface area contributed by atoms with E-state index in [-0.39, 0.29) is 29.4 Å². The molecule has 0 fully saturated rings. The Hall–Kier alpha value is -2.05. The molecule has 0 aliphatic carbocycles. The zero-order valence-electron chi connectivity index (χ0n) is 17.5. The lowest BCUT2D eigenvalue weighted by molar-refractivity contribution is -0.138. The first kappa shape index (κ1) is 24.2. The number of hydrogen-bond donors (Lipinski definition) is 1. The van der Waals surface area contributed by atoms with Crippen molar-refractivity contribution in [2.75, 3.05) is 5.75 Å². The average molecular weight is 451 g/mol. The maximum Gasteiger partial charge on any atom is 0.242 e. The maximum absolute atomic E-state index is 13.8. The van der Waals surface area contributed by atoms with E-state index in [4.69, 9.17) is 11.6 Å². The van der Waals surface area contributed by atoms with Gasteiger partial charge in [0.25, 0.3) is 0 Å². The normalized spacial score (nSPS) is 12.8. The van der Waals surface area contributed by atoms with Crippen LogP contribution in [0.15, 0.2) is 48.5 Å². The summed E-state index contributed by atoms with van der Waals surface area (Å²) in [4.78, 5) is 27.2. The first-order chi connectivity index (χ1) is 14.3. The largest absolute Gasteiger partial charge is 0.352 e. The lowest BCUT2D eigenvalue weighted by Gasteiger charge is -2.29. The molecule has 4 nitrogen and oxygen atoms in total. The van der Waals surface area contributed by atoms with Gasteiger partial charge in [-0.15, -0.1) is 11.8 Å². The van der Waals surface area contributed by atoms with Crippen LogP contribution in [-0.2, 0) is 21.9 Å². The summed E-state index contributed by atoms with van der Waals surface area (Å²) >= 11 is 7.29. The molecule has 0 aliphatic rings. The summed E-state index contributed by atoms with van der Waals surface area (Å²) in [5.74, 6) is -0.0932. The van der Waals surface area contributed by atoms with E-state index >= 15 is 0 Å². The Morgan fingerprint density at radius 3 is 2.43 bits per heavy atom. The number of hydrogen-bond acceptors (Lipinski definition) is 3. The fourth-order valence-electron chi connectivity index (χ4n) is 2.78. The molecule has 1 N–H and O–H groups in total. The summed E-state index contributed by atoms with van der Waals surface area (Å²) in [5, 5.41) is 3.55. The Morgan fingerprint density at radius 2 is 1.80 bits per heavy atom. The number of nitrogens with zero attached hydrogens (tertiary/aromatic N) is 1. The molecule has 0 spiro atoms. The number of rotatable bonds is 10. The summed E-state index contributed by atoms with van der Waals surface area (Å²) in [7, 11) is 0. The lowest BCUT2D eigenvalue weighted by atomic mass is 10.1. The Labute approximate surface area is 187 Å². The van der Waals surface area contributed by atoms with Gasteiger partial charge in [-0.3, -0.25) is 9.59 Å². The molecule has 0 aromatic heterocycles. The first-order valence-corrected chi connectivity index (χ1v) is 11.5. The van der Waals surface area contributed by atoms with Gasteiger partial charge in [-0.05, 0) is 49.6 Å². The Bertz CT molecular complexity index is 847. The van der Waals surface area contributed by atoms with Crippen LogP contribution in [0.1, 0.15) is 38.3 Å². The quantitative estimate of drug-likeness (QED) is 0.551. The monoisotopic (exact) mass is 450 g/mol. The number of benzene rings is 2. The van der Waals surface area contributed by atoms with Crippen molar-refractivity contribution in [3.63, 3.8) is 0 Å². The van der Waals surface area contributed by atoms with E-state index in [1.54, 1.807) is 42.2 Å². The van der Waals surface area contributed by atoms with Gasteiger partial charge in [0.1, 0.15) is 11.9 Å².